The molecule has 0 unspecified atom stereocenters. The molecule has 3 N–H and O–H groups in total. The van der Waals surface area contributed by atoms with E-state index in [4.69, 9.17) is 5.41 Å². The molecule has 2 aliphatic rings. The topological polar surface area (TPSA) is 64.0 Å². The number of allylic oxidation sites excluding steroid dienone is 1. The summed E-state index contributed by atoms with van der Waals surface area (Å²) in [6.07, 6.45) is 13.3. The number of rotatable bonds is 9. The lowest BCUT2D eigenvalue weighted by Gasteiger charge is -2.46. The largest absolute Gasteiger partial charge is 0.388 e. The second-order valence-electron chi connectivity index (χ2n) is 9.13. The van der Waals surface area contributed by atoms with Gasteiger partial charge in [-0.3, -0.25) is 9.88 Å². The monoisotopic (exact) mass is 401 g/mol. The maximum absolute atomic E-state index is 7.78. The van der Waals surface area contributed by atoms with E-state index < -0.39 is 0 Å². The van der Waals surface area contributed by atoms with Crippen LogP contribution in [0.25, 0.3) is 11.6 Å². The molecule has 0 bridgehead atoms. The van der Waals surface area contributed by atoms with Crippen LogP contribution in [0.1, 0.15) is 43.4 Å². The number of pyridine rings is 1. The van der Waals surface area contributed by atoms with Gasteiger partial charge in [0.25, 0.3) is 0 Å². The average Bonchev–Trinajstić information content (AvgIpc) is 3.54. The molecule has 156 valence electrons. The zero-order valence-electron chi connectivity index (χ0n) is 17.9. The van der Waals surface area contributed by atoms with Crippen molar-refractivity contribution >= 4 is 23.6 Å². The molecular formula is C25H31N5. The van der Waals surface area contributed by atoms with E-state index in [9.17, 15) is 0 Å². The first-order valence-electron chi connectivity index (χ1n) is 10.7. The van der Waals surface area contributed by atoms with Gasteiger partial charge in [-0.2, -0.15) is 0 Å². The first-order valence-corrected chi connectivity index (χ1v) is 10.7. The highest BCUT2D eigenvalue weighted by Gasteiger charge is 2.33. The van der Waals surface area contributed by atoms with Gasteiger partial charge in [0.1, 0.15) is 0 Å². The van der Waals surface area contributed by atoms with Gasteiger partial charge in [-0.1, -0.05) is 26.0 Å². The van der Waals surface area contributed by atoms with Crippen LogP contribution in [0.3, 0.4) is 0 Å². The Labute approximate surface area is 179 Å². The third kappa shape index (κ3) is 5.36. The van der Waals surface area contributed by atoms with Gasteiger partial charge in [0.15, 0.2) is 0 Å². The minimum atomic E-state index is 0.470. The molecule has 2 aromatic rings. The maximum atomic E-state index is 7.78. The molecule has 5 nitrogen and oxygen atoms in total. The highest BCUT2D eigenvalue weighted by Crippen LogP contribution is 2.30. The zero-order valence-corrected chi connectivity index (χ0v) is 17.9. The van der Waals surface area contributed by atoms with Crippen molar-refractivity contribution in [3.8, 4) is 0 Å². The van der Waals surface area contributed by atoms with Crippen LogP contribution in [0.15, 0.2) is 55.1 Å². The fourth-order valence-corrected chi connectivity index (χ4v) is 3.93. The van der Waals surface area contributed by atoms with Crippen molar-refractivity contribution in [1.29, 1.82) is 5.41 Å². The van der Waals surface area contributed by atoms with Crippen LogP contribution in [-0.4, -0.2) is 35.2 Å². The summed E-state index contributed by atoms with van der Waals surface area (Å²) in [6.45, 7) is 8.01. The van der Waals surface area contributed by atoms with Gasteiger partial charge in [-0.05, 0) is 53.7 Å². The van der Waals surface area contributed by atoms with Gasteiger partial charge in [-0.15, -0.1) is 0 Å². The number of aromatic nitrogens is 1. The molecule has 2 heterocycles. The van der Waals surface area contributed by atoms with E-state index in [1.807, 2.05) is 30.7 Å². The molecule has 4 rings (SSSR count). The van der Waals surface area contributed by atoms with E-state index in [0.717, 1.165) is 28.9 Å². The van der Waals surface area contributed by atoms with Gasteiger partial charge in [0.2, 0.25) is 0 Å². The van der Waals surface area contributed by atoms with Crippen molar-refractivity contribution in [2.45, 2.75) is 39.3 Å². The minimum Gasteiger partial charge on any atom is -0.388 e. The molecule has 1 aromatic carbocycles. The summed E-state index contributed by atoms with van der Waals surface area (Å²) in [6, 6.07) is 11.1. The second kappa shape index (κ2) is 8.84. The average molecular weight is 402 g/mol. The summed E-state index contributed by atoms with van der Waals surface area (Å²) in [4.78, 5) is 6.74. The number of nitrogens with one attached hydrogen (secondary N) is 3. The second-order valence-corrected chi connectivity index (χ2v) is 9.13. The van der Waals surface area contributed by atoms with Crippen LogP contribution in [0.4, 0.5) is 5.69 Å². The molecule has 0 atom stereocenters. The Kier molecular flexibility index (Phi) is 6.00. The lowest BCUT2D eigenvalue weighted by molar-refractivity contribution is 0.0242. The predicted molar refractivity (Wildman–Crippen MR) is 125 cm³/mol. The number of anilines is 1. The Balaban J connectivity index is 1.36. The van der Waals surface area contributed by atoms with Crippen molar-refractivity contribution < 1.29 is 0 Å². The van der Waals surface area contributed by atoms with Crippen molar-refractivity contribution in [1.82, 2.24) is 15.2 Å². The van der Waals surface area contributed by atoms with Gasteiger partial charge in [0.05, 0.1) is 0 Å². The molecule has 0 spiro atoms. The van der Waals surface area contributed by atoms with Crippen molar-refractivity contribution in [2.75, 3.05) is 18.4 Å². The maximum Gasteiger partial charge on any atom is 0.0379 e. The smallest absolute Gasteiger partial charge is 0.0379 e. The Bertz CT molecular complexity index is 930. The van der Waals surface area contributed by atoms with E-state index in [1.54, 1.807) is 6.20 Å². The van der Waals surface area contributed by atoms with Gasteiger partial charge < -0.3 is 16.0 Å². The molecule has 30 heavy (non-hydrogen) atoms. The minimum absolute atomic E-state index is 0.470. The van der Waals surface area contributed by atoms with Crippen LogP contribution >= 0.6 is 0 Å². The Hall–Kier alpha value is -2.92. The molecule has 1 saturated heterocycles. The summed E-state index contributed by atoms with van der Waals surface area (Å²) in [5, 5.41) is 14.5. The Morgan fingerprint density at radius 3 is 2.63 bits per heavy atom. The fraction of sp³-hybridized carbons (Fsp3) is 0.360. The van der Waals surface area contributed by atoms with E-state index in [0.29, 0.717) is 11.5 Å². The first-order chi connectivity index (χ1) is 14.5. The molecule has 1 aromatic heterocycles. The summed E-state index contributed by atoms with van der Waals surface area (Å²) >= 11 is 0. The number of benzene rings is 1. The number of nitrogens with zero attached hydrogens (tertiary/aromatic N) is 2. The van der Waals surface area contributed by atoms with Crippen LogP contribution in [0.2, 0.25) is 0 Å². The quantitative estimate of drug-likeness (QED) is 0.531. The molecule has 1 aliphatic carbocycles. The number of likely N-dealkylation sites (tertiary alicyclic amines) is 1. The van der Waals surface area contributed by atoms with Crippen molar-refractivity contribution in [3.05, 3.63) is 71.8 Å². The lowest BCUT2D eigenvalue weighted by atomic mass is 9.84. The molecule has 1 saturated carbocycles. The standard InChI is InChI=1S/C25H31N5/c1-25(2)17-30(18-25)16-19-3-5-22(6-4-19)28-12-9-20-14-27-11-10-24(20)21(13-26)15-29-23-7-8-23/h3-6,9-15,23,26,28-29H,7-8,16-18H2,1-2H3/b12-9+,21-15+,26-13?. The Morgan fingerprint density at radius 2 is 1.97 bits per heavy atom. The van der Waals surface area contributed by atoms with Gasteiger partial charge >= 0.3 is 0 Å². The molecule has 0 radical (unpaired) electrons. The summed E-state index contributed by atoms with van der Waals surface area (Å²) in [5.41, 5.74) is 5.72. The summed E-state index contributed by atoms with van der Waals surface area (Å²) in [7, 11) is 0. The lowest BCUT2D eigenvalue weighted by Crippen LogP contribution is -2.52. The molecule has 5 heteroatoms. The van der Waals surface area contributed by atoms with E-state index >= 15 is 0 Å². The highest BCUT2D eigenvalue weighted by molar-refractivity contribution is 6.09. The van der Waals surface area contributed by atoms with Gasteiger partial charge in [-0.25, -0.2) is 0 Å². The zero-order chi connectivity index (χ0) is 21.0. The van der Waals surface area contributed by atoms with E-state index in [2.05, 4.69) is 58.6 Å². The summed E-state index contributed by atoms with van der Waals surface area (Å²) in [5.74, 6) is 0. The van der Waals surface area contributed by atoms with Gasteiger partial charge in [0, 0.05) is 73.5 Å². The third-order valence-electron chi connectivity index (χ3n) is 5.55. The summed E-state index contributed by atoms with van der Waals surface area (Å²) < 4.78 is 0. The van der Waals surface area contributed by atoms with Crippen LogP contribution in [-0.2, 0) is 6.54 Å². The highest BCUT2D eigenvalue weighted by atomic mass is 15.2. The molecule has 1 aliphatic heterocycles. The van der Waals surface area contributed by atoms with Crippen molar-refractivity contribution in [2.24, 2.45) is 5.41 Å². The van der Waals surface area contributed by atoms with E-state index in [1.165, 1.54) is 37.7 Å². The third-order valence-corrected chi connectivity index (χ3v) is 5.55. The van der Waals surface area contributed by atoms with Crippen LogP contribution in [0.5, 0.6) is 0 Å². The first kappa shape index (κ1) is 20.4. The van der Waals surface area contributed by atoms with Crippen molar-refractivity contribution in [3.63, 3.8) is 0 Å². The number of hydrogen-bond donors (Lipinski definition) is 3. The van der Waals surface area contributed by atoms with E-state index in [-0.39, 0.29) is 0 Å². The van der Waals surface area contributed by atoms with Crippen LogP contribution < -0.4 is 10.6 Å². The normalized spacial score (nSPS) is 18.8. The Morgan fingerprint density at radius 1 is 1.20 bits per heavy atom. The van der Waals surface area contributed by atoms with Crippen LogP contribution in [0, 0.1) is 10.8 Å². The SMILES string of the molecule is CC1(C)CN(Cc2ccc(N/C=C/c3cnccc3/C(C=N)=C/NC3CC3)cc2)C1. The number of hydrogen-bond acceptors (Lipinski definition) is 5. The fourth-order valence-electron chi connectivity index (χ4n) is 3.93. The molecule has 0 amide bonds. The predicted octanol–water partition coefficient (Wildman–Crippen LogP) is 4.75. The molecule has 2 fully saturated rings. The molecular weight excluding hydrogens is 370 g/mol.